The van der Waals surface area contributed by atoms with Gasteiger partial charge in [-0.15, -0.1) is 6.42 Å². The SMILES string of the molecule is C#CC(NCC)c1ccc(Br)c(C(F)(F)F)c1. The van der Waals surface area contributed by atoms with Crippen molar-refractivity contribution in [3.8, 4) is 12.3 Å². The van der Waals surface area contributed by atoms with Crippen LogP contribution in [0, 0.1) is 12.3 Å². The molecule has 1 aromatic carbocycles. The number of hydrogen-bond acceptors (Lipinski definition) is 1. The second kappa shape index (κ2) is 5.56. The molecule has 0 heterocycles. The fourth-order valence-electron chi connectivity index (χ4n) is 1.42. The van der Waals surface area contributed by atoms with Crippen LogP contribution in [-0.2, 0) is 6.18 Å². The van der Waals surface area contributed by atoms with Gasteiger partial charge in [-0.1, -0.05) is 34.8 Å². The normalized spacial score (nSPS) is 13.2. The summed E-state index contributed by atoms with van der Waals surface area (Å²) in [7, 11) is 0. The van der Waals surface area contributed by atoms with Gasteiger partial charge < -0.3 is 5.32 Å². The minimum Gasteiger partial charge on any atom is -0.300 e. The van der Waals surface area contributed by atoms with Gasteiger partial charge in [-0.25, -0.2) is 0 Å². The first-order valence-electron chi connectivity index (χ1n) is 4.96. The molecule has 0 aliphatic carbocycles. The summed E-state index contributed by atoms with van der Waals surface area (Å²) < 4.78 is 38.1. The molecule has 17 heavy (non-hydrogen) atoms. The van der Waals surface area contributed by atoms with Crippen LogP contribution in [0.3, 0.4) is 0 Å². The van der Waals surface area contributed by atoms with Crippen molar-refractivity contribution >= 4 is 15.9 Å². The Hall–Kier alpha value is -0.990. The Morgan fingerprint density at radius 3 is 2.59 bits per heavy atom. The molecule has 0 aliphatic heterocycles. The average molecular weight is 306 g/mol. The Morgan fingerprint density at radius 1 is 1.47 bits per heavy atom. The number of rotatable bonds is 3. The van der Waals surface area contributed by atoms with E-state index >= 15 is 0 Å². The molecular weight excluding hydrogens is 295 g/mol. The van der Waals surface area contributed by atoms with E-state index in [-0.39, 0.29) is 4.47 Å². The standard InChI is InChI=1S/C12H11BrF3N/c1-3-11(17-4-2)8-5-6-10(13)9(7-8)12(14,15)16/h1,5-7,11,17H,4H2,2H3. The summed E-state index contributed by atoms with van der Waals surface area (Å²) in [5, 5.41) is 2.93. The van der Waals surface area contributed by atoms with E-state index in [4.69, 9.17) is 6.42 Å². The molecule has 1 unspecified atom stereocenters. The van der Waals surface area contributed by atoms with Crippen LogP contribution in [0.15, 0.2) is 22.7 Å². The predicted molar refractivity (Wildman–Crippen MR) is 64.4 cm³/mol. The third-order valence-corrected chi connectivity index (χ3v) is 2.90. The third kappa shape index (κ3) is 3.48. The van der Waals surface area contributed by atoms with Crippen molar-refractivity contribution in [2.24, 2.45) is 0 Å². The van der Waals surface area contributed by atoms with E-state index in [1.54, 1.807) is 6.07 Å². The van der Waals surface area contributed by atoms with Gasteiger partial charge in [0, 0.05) is 4.47 Å². The lowest BCUT2D eigenvalue weighted by Crippen LogP contribution is -2.20. The van der Waals surface area contributed by atoms with Crippen LogP contribution in [0.2, 0.25) is 0 Å². The molecule has 0 fully saturated rings. The van der Waals surface area contributed by atoms with E-state index in [9.17, 15) is 13.2 Å². The van der Waals surface area contributed by atoms with Gasteiger partial charge in [0.25, 0.3) is 0 Å². The second-order valence-corrected chi connectivity index (χ2v) is 4.25. The summed E-state index contributed by atoms with van der Waals surface area (Å²) >= 11 is 2.88. The fraction of sp³-hybridized carbons (Fsp3) is 0.333. The molecular formula is C12H11BrF3N. The second-order valence-electron chi connectivity index (χ2n) is 3.39. The number of alkyl halides is 3. The van der Waals surface area contributed by atoms with E-state index in [1.807, 2.05) is 6.92 Å². The van der Waals surface area contributed by atoms with Crippen LogP contribution in [0.5, 0.6) is 0 Å². The molecule has 0 aliphatic rings. The van der Waals surface area contributed by atoms with E-state index in [0.717, 1.165) is 6.07 Å². The summed E-state index contributed by atoms with van der Waals surface area (Å²) in [6, 6.07) is 3.50. The monoisotopic (exact) mass is 305 g/mol. The highest BCUT2D eigenvalue weighted by Crippen LogP contribution is 2.36. The Labute approximate surface area is 107 Å². The molecule has 1 rings (SSSR count). The highest BCUT2D eigenvalue weighted by molar-refractivity contribution is 9.10. The van der Waals surface area contributed by atoms with E-state index in [2.05, 4.69) is 27.2 Å². The van der Waals surface area contributed by atoms with Crippen molar-refractivity contribution in [2.75, 3.05) is 6.54 Å². The molecule has 0 radical (unpaired) electrons. The van der Waals surface area contributed by atoms with Crippen molar-refractivity contribution in [3.05, 3.63) is 33.8 Å². The molecule has 0 spiro atoms. The Kier molecular flexibility index (Phi) is 4.61. The summed E-state index contributed by atoms with van der Waals surface area (Å²) in [4.78, 5) is 0. The Bertz CT molecular complexity index is 434. The summed E-state index contributed by atoms with van der Waals surface area (Å²) in [5.41, 5.74) is -0.280. The fourth-order valence-corrected chi connectivity index (χ4v) is 1.89. The molecule has 1 atom stereocenters. The highest BCUT2D eigenvalue weighted by atomic mass is 79.9. The Balaban J connectivity index is 3.17. The smallest absolute Gasteiger partial charge is 0.300 e. The summed E-state index contributed by atoms with van der Waals surface area (Å²) in [6.07, 6.45) is 0.894. The van der Waals surface area contributed by atoms with Crippen LogP contribution in [0.25, 0.3) is 0 Å². The van der Waals surface area contributed by atoms with Crippen LogP contribution < -0.4 is 5.32 Å². The number of nitrogens with one attached hydrogen (secondary N) is 1. The zero-order chi connectivity index (χ0) is 13.1. The molecule has 92 valence electrons. The topological polar surface area (TPSA) is 12.0 Å². The van der Waals surface area contributed by atoms with Gasteiger partial charge in [0.2, 0.25) is 0 Å². The Morgan fingerprint density at radius 2 is 2.12 bits per heavy atom. The molecule has 1 N–H and O–H groups in total. The minimum atomic E-state index is -4.39. The van der Waals surface area contributed by atoms with Gasteiger partial charge in [-0.3, -0.25) is 0 Å². The van der Waals surface area contributed by atoms with Gasteiger partial charge >= 0.3 is 6.18 Å². The first kappa shape index (κ1) is 14.1. The zero-order valence-electron chi connectivity index (χ0n) is 9.11. The van der Waals surface area contributed by atoms with Gasteiger partial charge in [0.15, 0.2) is 0 Å². The maximum atomic E-state index is 12.7. The molecule has 1 aromatic rings. The number of benzene rings is 1. The molecule has 0 amide bonds. The minimum absolute atomic E-state index is 0.0148. The van der Waals surface area contributed by atoms with Crippen molar-refractivity contribution in [1.29, 1.82) is 0 Å². The van der Waals surface area contributed by atoms with Gasteiger partial charge in [0.05, 0.1) is 11.6 Å². The van der Waals surface area contributed by atoms with Crippen LogP contribution in [0.4, 0.5) is 13.2 Å². The first-order valence-corrected chi connectivity index (χ1v) is 5.75. The lowest BCUT2D eigenvalue weighted by molar-refractivity contribution is -0.138. The third-order valence-electron chi connectivity index (χ3n) is 2.20. The van der Waals surface area contributed by atoms with Crippen molar-refractivity contribution in [3.63, 3.8) is 0 Å². The van der Waals surface area contributed by atoms with Crippen LogP contribution >= 0.6 is 15.9 Å². The van der Waals surface area contributed by atoms with Gasteiger partial charge in [-0.2, -0.15) is 13.2 Å². The van der Waals surface area contributed by atoms with Crippen molar-refractivity contribution < 1.29 is 13.2 Å². The quantitative estimate of drug-likeness (QED) is 0.839. The van der Waals surface area contributed by atoms with Gasteiger partial charge in [0.1, 0.15) is 0 Å². The predicted octanol–water partition coefficient (Wildman–Crippen LogP) is 3.75. The van der Waals surface area contributed by atoms with Crippen LogP contribution in [0.1, 0.15) is 24.1 Å². The first-order chi connectivity index (χ1) is 7.90. The average Bonchev–Trinajstić information content (AvgIpc) is 2.25. The lowest BCUT2D eigenvalue weighted by atomic mass is 10.0. The number of hydrogen-bond donors (Lipinski definition) is 1. The molecule has 5 heteroatoms. The number of halogens is 4. The highest BCUT2D eigenvalue weighted by Gasteiger charge is 2.33. The summed E-state index contributed by atoms with van der Waals surface area (Å²) in [6.45, 7) is 2.43. The zero-order valence-corrected chi connectivity index (χ0v) is 10.7. The van der Waals surface area contributed by atoms with E-state index in [0.29, 0.717) is 12.1 Å². The lowest BCUT2D eigenvalue weighted by Gasteiger charge is -2.15. The van der Waals surface area contributed by atoms with Gasteiger partial charge in [-0.05, 0) is 24.2 Å². The van der Waals surface area contributed by atoms with Crippen molar-refractivity contribution in [2.45, 2.75) is 19.1 Å². The maximum absolute atomic E-state index is 12.7. The molecule has 0 saturated carbocycles. The maximum Gasteiger partial charge on any atom is 0.417 e. The van der Waals surface area contributed by atoms with E-state index < -0.39 is 17.8 Å². The van der Waals surface area contributed by atoms with Crippen LogP contribution in [-0.4, -0.2) is 6.54 Å². The number of terminal acetylenes is 1. The molecule has 1 nitrogen and oxygen atoms in total. The van der Waals surface area contributed by atoms with Crippen molar-refractivity contribution in [1.82, 2.24) is 5.32 Å². The molecule has 0 saturated heterocycles. The largest absolute Gasteiger partial charge is 0.417 e. The molecule has 0 aromatic heterocycles. The van der Waals surface area contributed by atoms with E-state index in [1.165, 1.54) is 6.07 Å². The molecule has 0 bridgehead atoms. The summed E-state index contributed by atoms with van der Waals surface area (Å²) in [5.74, 6) is 2.42.